The summed E-state index contributed by atoms with van der Waals surface area (Å²) in [5.41, 5.74) is 4.18. The third kappa shape index (κ3) is 6.83. The summed E-state index contributed by atoms with van der Waals surface area (Å²) in [5, 5.41) is 0. The highest BCUT2D eigenvalue weighted by Gasteiger charge is 2.24. The topological polar surface area (TPSA) is 45.6 Å². The Morgan fingerprint density at radius 2 is 1.74 bits per heavy atom. The molecule has 0 unspecified atom stereocenters. The molecule has 0 N–H and O–H groups in total. The monoisotopic (exact) mass is 459 g/mol. The van der Waals surface area contributed by atoms with Gasteiger partial charge in [0.1, 0.15) is 6.54 Å². The van der Waals surface area contributed by atoms with Crippen molar-refractivity contribution >= 4 is 11.8 Å². The van der Waals surface area contributed by atoms with Crippen LogP contribution in [-0.2, 0) is 17.9 Å². The lowest BCUT2D eigenvalue weighted by Crippen LogP contribution is -2.46. The fraction of sp³-hybridized carbons (Fsp3) is 0.379. The van der Waals surface area contributed by atoms with E-state index in [0.29, 0.717) is 18.7 Å². The summed E-state index contributed by atoms with van der Waals surface area (Å²) in [7, 11) is 0. The zero-order valence-electron chi connectivity index (χ0n) is 20.9. The van der Waals surface area contributed by atoms with Crippen molar-refractivity contribution in [3.63, 3.8) is 0 Å². The summed E-state index contributed by atoms with van der Waals surface area (Å²) in [6, 6.07) is 21.7. The molecule has 0 spiro atoms. The van der Waals surface area contributed by atoms with Crippen LogP contribution in [0, 0.1) is 6.92 Å². The van der Waals surface area contributed by atoms with Crippen LogP contribution in [0.15, 0.2) is 72.9 Å². The lowest BCUT2D eigenvalue weighted by atomic mass is 10.1. The molecule has 0 radical (unpaired) electrons. The van der Waals surface area contributed by atoms with E-state index in [4.69, 9.17) is 0 Å². The predicted molar refractivity (Wildman–Crippen MR) is 138 cm³/mol. The molecule has 0 aliphatic rings. The summed E-state index contributed by atoms with van der Waals surface area (Å²) in [4.78, 5) is 30.1. The summed E-state index contributed by atoms with van der Waals surface area (Å²) in [5.74, 6) is -0.128. The van der Waals surface area contributed by atoms with Gasteiger partial charge in [-0.2, -0.15) is 0 Å². The Bertz CT molecular complexity index is 1070. The minimum atomic E-state index is -0.109. The third-order valence-electron chi connectivity index (χ3n) is 6.06. The second-order valence-electron chi connectivity index (χ2n) is 9.18. The van der Waals surface area contributed by atoms with Crippen LogP contribution in [0.4, 0.5) is 0 Å². The quantitative estimate of drug-likeness (QED) is 0.379. The van der Waals surface area contributed by atoms with E-state index in [1.54, 1.807) is 17.0 Å². The fourth-order valence-corrected chi connectivity index (χ4v) is 4.07. The Labute approximate surface area is 204 Å². The van der Waals surface area contributed by atoms with Crippen molar-refractivity contribution in [2.24, 2.45) is 0 Å². The molecule has 0 saturated heterocycles. The van der Waals surface area contributed by atoms with Gasteiger partial charge in [-0.25, -0.2) is 0 Å². The second-order valence-corrected chi connectivity index (χ2v) is 9.18. The van der Waals surface area contributed by atoms with Crippen molar-refractivity contribution in [3.8, 4) is 0 Å². The third-order valence-corrected chi connectivity index (χ3v) is 6.06. The second kappa shape index (κ2) is 12.2. The molecule has 0 aliphatic carbocycles. The number of hydrogen-bond acceptors (Lipinski definition) is 2. The molecule has 3 aromatic rings. The first-order valence-corrected chi connectivity index (χ1v) is 12.2. The van der Waals surface area contributed by atoms with E-state index in [-0.39, 0.29) is 24.4 Å². The molecule has 1 heterocycles. The summed E-state index contributed by atoms with van der Waals surface area (Å²) >= 11 is 0. The van der Waals surface area contributed by atoms with Gasteiger partial charge in [0.05, 0.1) is 6.54 Å². The van der Waals surface area contributed by atoms with Gasteiger partial charge in [-0.1, -0.05) is 61.4 Å². The van der Waals surface area contributed by atoms with Gasteiger partial charge in [-0.05, 0) is 57.0 Å². The van der Waals surface area contributed by atoms with E-state index in [2.05, 4.69) is 54.9 Å². The standard InChI is InChI=1S/C29H37N3O2/c1-5-6-17-31(21-27-16-11-18-30(27)20-25-13-10-12-24(4)19-25)28(33)22-32(23(2)3)29(34)26-14-8-7-9-15-26/h7-16,18-19,23H,5-6,17,20-22H2,1-4H3. The molecule has 5 nitrogen and oxygen atoms in total. The molecule has 1 aromatic heterocycles. The maximum Gasteiger partial charge on any atom is 0.254 e. The lowest BCUT2D eigenvalue weighted by molar-refractivity contribution is -0.133. The highest BCUT2D eigenvalue weighted by Crippen LogP contribution is 2.15. The molecular formula is C29H37N3O2. The van der Waals surface area contributed by atoms with Crippen LogP contribution in [0.5, 0.6) is 0 Å². The van der Waals surface area contributed by atoms with Gasteiger partial charge in [-0.15, -0.1) is 0 Å². The van der Waals surface area contributed by atoms with E-state index in [9.17, 15) is 9.59 Å². The zero-order chi connectivity index (χ0) is 24.5. The van der Waals surface area contributed by atoms with Gasteiger partial charge in [0.15, 0.2) is 0 Å². The van der Waals surface area contributed by atoms with E-state index in [0.717, 1.165) is 25.1 Å². The minimum absolute atomic E-state index is 0.0188. The molecule has 2 aromatic carbocycles. The lowest BCUT2D eigenvalue weighted by Gasteiger charge is -2.30. The molecule has 0 saturated carbocycles. The number of rotatable bonds is 11. The van der Waals surface area contributed by atoms with Crippen molar-refractivity contribution in [2.45, 2.75) is 59.7 Å². The number of unbranched alkanes of at least 4 members (excludes halogenated alkanes) is 1. The van der Waals surface area contributed by atoms with Crippen LogP contribution in [-0.4, -0.2) is 45.3 Å². The molecular weight excluding hydrogens is 422 g/mol. The maximum absolute atomic E-state index is 13.5. The van der Waals surface area contributed by atoms with Crippen LogP contribution in [0.1, 0.15) is 60.8 Å². The number of nitrogens with zero attached hydrogens (tertiary/aromatic N) is 3. The SMILES string of the molecule is CCCCN(Cc1cccn1Cc1cccc(C)c1)C(=O)CN(C(=O)c1ccccc1)C(C)C. The van der Waals surface area contributed by atoms with E-state index in [1.165, 1.54) is 11.1 Å². The smallest absolute Gasteiger partial charge is 0.254 e. The molecule has 0 atom stereocenters. The average Bonchev–Trinajstić information content (AvgIpc) is 3.26. The van der Waals surface area contributed by atoms with Crippen LogP contribution < -0.4 is 0 Å². The summed E-state index contributed by atoms with van der Waals surface area (Å²) in [6.45, 7) is 10.2. The summed E-state index contributed by atoms with van der Waals surface area (Å²) < 4.78 is 2.20. The molecule has 180 valence electrons. The maximum atomic E-state index is 13.5. The molecule has 0 aliphatic heterocycles. The van der Waals surface area contributed by atoms with Gasteiger partial charge < -0.3 is 14.4 Å². The van der Waals surface area contributed by atoms with Crippen molar-refractivity contribution in [1.29, 1.82) is 0 Å². The Hall–Kier alpha value is -3.34. The Kier molecular flexibility index (Phi) is 9.08. The highest BCUT2D eigenvalue weighted by atomic mass is 16.2. The predicted octanol–water partition coefficient (Wildman–Crippen LogP) is 5.52. The van der Waals surface area contributed by atoms with Gasteiger partial charge in [0.2, 0.25) is 5.91 Å². The number of carbonyl (C=O) groups is 2. The van der Waals surface area contributed by atoms with Crippen LogP contribution >= 0.6 is 0 Å². The van der Waals surface area contributed by atoms with Crippen molar-refractivity contribution in [1.82, 2.24) is 14.4 Å². The fourth-order valence-electron chi connectivity index (χ4n) is 4.07. The Balaban J connectivity index is 1.76. The number of carbonyl (C=O) groups excluding carboxylic acids is 2. The Morgan fingerprint density at radius 3 is 2.41 bits per heavy atom. The molecule has 0 bridgehead atoms. The first kappa shape index (κ1) is 25.3. The normalized spacial score (nSPS) is 11.0. The number of aryl methyl sites for hydroxylation is 1. The molecule has 34 heavy (non-hydrogen) atoms. The zero-order valence-corrected chi connectivity index (χ0v) is 20.9. The van der Waals surface area contributed by atoms with Crippen molar-refractivity contribution in [3.05, 3.63) is 95.3 Å². The first-order valence-electron chi connectivity index (χ1n) is 12.2. The first-order chi connectivity index (χ1) is 16.4. The van der Waals surface area contributed by atoms with Crippen LogP contribution in [0.25, 0.3) is 0 Å². The molecule has 3 rings (SSSR count). The number of amides is 2. The van der Waals surface area contributed by atoms with E-state index in [1.807, 2.05) is 43.0 Å². The summed E-state index contributed by atoms with van der Waals surface area (Å²) in [6.07, 6.45) is 4.00. The van der Waals surface area contributed by atoms with E-state index >= 15 is 0 Å². The molecule has 2 amide bonds. The minimum Gasteiger partial charge on any atom is -0.345 e. The van der Waals surface area contributed by atoms with Crippen LogP contribution in [0.3, 0.4) is 0 Å². The van der Waals surface area contributed by atoms with Gasteiger partial charge in [0, 0.05) is 36.6 Å². The van der Waals surface area contributed by atoms with Crippen LogP contribution in [0.2, 0.25) is 0 Å². The molecule has 5 heteroatoms. The highest BCUT2D eigenvalue weighted by molar-refractivity contribution is 5.96. The van der Waals surface area contributed by atoms with E-state index < -0.39 is 0 Å². The number of benzene rings is 2. The number of aromatic nitrogens is 1. The van der Waals surface area contributed by atoms with Gasteiger partial charge in [-0.3, -0.25) is 9.59 Å². The number of hydrogen-bond donors (Lipinski definition) is 0. The van der Waals surface area contributed by atoms with Gasteiger partial charge >= 0.3 is 0 Å². The Morgan fingerprint density at radius 1 is 0.971 bits per heavy atom. The van der Waals surface area contributed by atoms with Crippen molar-refractivity contribution in [2.75, 3.05) is 13.1 Å². The van der Waals surface area contributed by atoms with Gasteiger partial charge in [0.25, 0.3) is 5.91 Å². The molecule has 0 fully saturated rings. The average molecular weight is 460 g/mol. The largest absolute Gasteiger partial charge is 0.345 e. The van der Waals surface area contributed by atoms with Crippen molar-refractivity contribution < 1.29 is 9.59 Å².